The predicted molar refractivity (Wildman–Crippen MR) is 105 cm³/mol. The van der Waals surface area contributed by atoms with Crippen LogP contribution in [0.3, 0.4) is 0 Å². The quantitative estimate of drug-likeness (QED) is 0.713. The average molecular weight is 382 g/mol. The Balaban J connectivity index is 1.95. The number of anilines is 1. The van der Waals surface area contributed by atoms with Gasteiger partial charge in [0.15, 0.2) is 11.5 Å². The number of aromatic hydroxyl groups is 1. The average Bonchev–Trinajstić information content (AvgIpc) is 2.56. The van der Waals surface area contributed by atoms with E-state index < -0.39 is 10.8 Å². The lowest BCUT2D eigenvalue weighted by Gasteiger charge is -2.17. The number of phenols is 1. The summed E-state index contributed by atoms with van der Waals surface area (Å²) >= 11 is 6.16. The van der Waals surface area contributed by atoms with Crippen molar-refractivity contribution in [1.82, 2.24) is 0 Å². The molecule has 0 aliphatic heterocycles. The van der Waals surface area contributed by atoms with Gasteiger partial charge >= 0.3 is 0 Å². The van der Waals surface area contributed by atoms with Crippen molar-refractivity contribution in [2.75, 3.05) is 18.7 Å². The van der Waals surface area contributed by atoms with E-state index in [1.165, 1.54) is 7.11 Å². The highest BCUT2D eigenvalue weighted by Gasteiger charge is 2.08. The fourth-order valence-corrected chi connectivity index (χ4v) is 3.57. The molecule has 2 aromatic carbocycles. The largest absolute Gasteiger partial charge is 0.504 e. The lowest BCUT2D eigenvalue weighted by Crippen LogP contribution is -2.16. The summed E-state index contributed by atoms with van der Waals surface area (Å²) in [6.45, 7) is 2.11. The van der Waals surface area contributed by atoms with Gasteiger partial charge in [0, 0.05) is 39.6 Å². The summed E-state index contributed by atoms with van der Waals surface area (Å²) in [4.78, 5) is 0. The van der Waals surface area contributed by atoms with Crippen molar-refractivity contribution in [2.24, 2.45) is 0 Å². The fourth-order valence-electron chi connectivity index (χ4n) is 2.63. The van der Waals surface area contributed by atoms with E-state index in [1.807, 2.05) is 24.3 Å². The van der Waals surface area contributed by atoms with Crippen LogP contribution in [-0.2, 0) is 23.0 Å². The number of nitrogens with one attached hydrogen (secondary N) is 1. The first-order chi connectivity index (χ1) is 11.9. The maximum Gasteiger partial charge on any atom is 0.160 e. The van der Waals surface area contributed by atoms with Crippen LogP contribution < -0.4 is 10.1 Å². The van der Waals surface area contributed by atoms with Gasteiger partial charge in [-0.15, -0.1) is 0 Å². The highest BCUT2D eigenvalue weighted by molar-refractivity contribution is 7.83. The van der Waals surface area contributed by atoms with Crippen molar-refractivity contribution in [3.8, 4) is 11.5 Å². The van der Waals surface area contributed by atoms with Crippen LogP contribution in [-0.4, -0.2) is 28.7 Å². The maximum absolute atomic E-state index is 11.4. The highest BCUT2D eigenvalue weighted by Crippen LogP contribution is 2.27. The lowest BCUT2D eigenvalue weighted by molar-refractivity contribution is 0.373. The molecule has 2 N–H and O–H groups in total. The number of benzene rings is 2. The molecule has 136 valence electrons. The molecule has 2 aromatic rings. The van der Waals surface area contributed by atoms with Crippen LogP contribution in [0.15, 0.2) is 36.4 Å². The van der Waals surface area contributed by atoms with E-state index in [4.69, 9.17) is 16.3 Å². The smallest absolute Gasteiger partial charge is 0.160 e. The van der Waals surface area contributed by atoms with Gasteiger partial charge in [-0.25, -0.2) is 0 Å². The molecule has 0 amide bonds. The molecule has 0 spiro atoms. The Morgan fingerprint density at radius 3 is 2.68 bits per heavy atom. The van der Waals surface area contributed by atoms with E-state index >= 15 is 0 Å². The number of hydrogen-bond donors (Lipinski definition) is 2. The minimum atomic E-state index is -0.927. The lowest BCUT2D eigenvalue weighted by atomic mass is 10.1. The third-order valence-corrected chi connectivity index (χ3v) is 5.01. The Labute approximate surface area is 156 Å². The molecule has 0 saturated carbocycles. The minimum Gasteiger partial charge on any atom is -0.504 e. The van der Waals surface area contributed by atoms with Crippen LogP contribution in [0.25, 0.3) is 0 Å². The van der Waals surface area contributed by atoms with Crippen LogP contribution in [0.5, 0.6) is 11.5 Å². The molecule has 25 heavy (non-hydrogen) atoms. The van der Waals surface area contributed by atoms with E-state index in [0.29, 0.717) is 16.5 Å². The molecule has 0 fully saturated rings. The standard InChI is InChI=1S/C19H24ClNO3S/c1-13(4-5-14-6-9-19(24-2)18(22)10-14)21-16-7-8-17(20)15(11-16)12-25(3)23/h6-11,13,21-22H,4-5,12H2,1-3H3/t13-,25-/m1/s1. The van der Waals surface area contributed by atoms with Gasteiger partial charge in [0.25, 0.3) is 0 Å². The molecule has 0 saturated heterocycles. The van der Waals surface area contributed by atoms with Crippen LogP contribution in [0.4, 0.5) is 5.69 Å². The summed E-state index contributed by atoms with van der Waals surface area (Å²) < 4.78 is 16.5. The molecular formula is C19H24ClNO3S. The second-order valence-corrected chi connectivity index (χ2v) is 7.96. The number of aryl methyl sites for hydroxylation is 1. The van der Waals surface area contributed by atoms with Gasteiger partial charge in [-0.3, -0.25) is 4.21 Å². The SMILES string of the molecule is COc1ccc(CC[C@@H](C)Nc2ccc(Cl)c(C[S@@](C)=O)c2)cc1O. The highest BCUT2D eigenvalue weighted by atomic mass is 35.5. The Kier molecular flexibility index (Phi) is 7.14. The number of rotatable bonds is 8. The first-order valence-electron chi connectivity index (χ1n) is 8.10. The summed E-state index contributed by atoms with van der Waals surface area (Å²) in [6, 6.07) is 11.4. The van der Waals surface area contributed by atoms with E-state index in [0.717, 1.165) is 29.7 Å². The van der Waals surface area contributed by atoms with Crippen molar-refractivity contribution >= 4 is 28.1 Å². The molecule has 0 aromatic heterocycles. The fraction of sp³-hybridized carbons (Fsp3) is 0.368. The van der Waals surface area contributed by atoms with Gasteiger partial charge in [0.1, 0.15) is 0 Å². The van der Waals surface area contributed by atoms with E-state index in [9.17, 15) is 9.32 Å². The van der Waals surface area contributed by atoms with Crippen molar-refractivity contribution in [1.29, 1.82) is 0 Å². The van der Waals surface area contributed by atoms with E-state index in [1.54, 1.807) is 18.4 Å². The monoisotopic (exact) mass is 381 g/mol. The van der Waals surface area contributed by atoms with Gasteiger partial charge in [-0.05, 0) is 61.2 Å². The molecule has 0 unspecified atom stereocenters. The number of methoxy groups -OCH3 is 1. The van der Waals surface area contributed by atoms with Crippen LogP contribution >= 0.6 is 11.6 Å². The van der Waals surface area contributed by atoms with E-state index in [2.05, 4.69) is 12.2 Å². The van der Waals surface area contributed by atoms with Gasteiger partial charge < -0.3 is 15.2 Å². The molecule has 4 nitrogen and oxygen atoms in total. The second-order valence-electron chi connectivity index (χ2n) is 6.11. The minimum absolute atomic E-state index is 0.163. The van der Waals surface area contributed by atoms with Gasteiger partial charge in [-0.2, -0.15) is 0 Å². The zero-order chi connectivity index (χ0) is 18.4. The topological polar surface area (TPSA) is 58.6 Å². The summed E-state index contributed by atoms with van der Waals surface area (Å²) in [7, 11) is 0.610. The third-order valence-electron chi connectivity index (χ3n) is 3.93. The van der Waals surface area contributed by atoms with Crippen LogP contribution in [0.2, 0.25) is 5.02 Å². The number of halogens is 1. The Hall–Kier alpha value is -1.72. The number of phenolic OH excluding ortho intramolecular Hbond substituents is 1. The van der Waals surface area contributed by atoms with Crippen molar-refractivity contribution in [2.45, 2.75) is 31.6 Å². The van der Waals surface area contributed by atoms with Gasteiger partial charge in [-0.1, -0.05) is 17.7 Å². The normalized spacial score (nSPS) is 13.3. The van der Waals surface area contributed by atoms with Gasteiger partial charge in [0.05, 0.1) is 7.11 Å². The Bertz CT molecular complexity index is 751. The van der Waals surface area contributed by atoms with Crippen molar-refractivity contribution in [3.63, 3.8) is 0 Å². The zero-order valence-corrected chi connectivity index (χ0v) is 16.3. The number of ether oxygens (including phenoxy) is 1. The molecule has 0 bridgehead atoms. The van der Waals surface area contributed by atoms with Crippen molar-refractivity contribution in [3.05, 3.63) is 52.5 Å². The zero-order valence-electron chi connectivity index (χ0n) is 14.7. The molecule has 6 heteroatoms. The first-order valence-corrected chi connectivity index (χ1v) is 10.2. The Morgan fingerprint density at radius 1 is 1.28 bits per heavy atom. The Morgan fingerprint density at radius 2 is 2.04 bits per heavy atom. The molecule has 0 aliphatic carbocycles. The molecule has 0 aliphatic rings. The van der Waals surface area contributed by atoms with E-state index in [-0.39, 0.29) is 11.8 Å². The summed E-state index contributed by atoms with van der Waals surface area (Å²) in [5.74, 6) is 1.10. The summed E-state index contributed by atoms with van der Waals surface area (Å²) in [6.07, 6.45) is 3.41. The maximum atomic E-state index is 11.4. The number of hydrogen-bond acceptors (Lipinski definition) is 4. The molecule has 2 atom stereocenters. The van der Waals surface area contributed by atoms with Gasteiger partial charge in [0.2, 0.25) is 0 Å². The molecule has 2 rings (SSSR count). The first kappa shape index (κ1) is 19.6. The third kappa shape index (κ3) is 5.94. The van der Waals surface area contributed by atoms with Crippen LogP contribution in [0.1, 0.15) is 24.5 Å². The second kappa shape index (κ2) is 9.11. The summed E-state index contributed by atoms with van der Waals surface area (Å²) in [5.41, 5.74) is 2.92. The summed E-state index contributed by atoms with van der Waals surface area (Å²) in [5, 5.41) is 13.9. The molecule has 0 heterocycles. The van der Waals surface area contributed by atoms with Crippen molar-refractivity contribution < 1.29 is 14.1 Å². The molecule has 0 radical (unpaired) electrons. The predicted octanol–water partition coefficient (Wildman–Crippen LogP) is 4.37. The molecular weight excluding hydrogens is 358 g/mol. The van der Waals surface area contributed by atoms with Crippen LogP contribution in [0, 0.1) is 0 Å².